The number of esters is 1. The SMILES string of the molecule is C=C(Cc1nc(CCCCC)no1)C(=O)OCC(=O)O. The number of hydrogen-bond acceptors (Lipinski definition) is 6. The average molecular weight is 282 g/mol. The Morgan fingerprint density at radius 1 is 1.40 bits per heavy atom. The monoisotopic (exact) mass is 282 g/mol. The summed E-state index contributed by atoms with van der Waals surface area (Å²) in [4.78, 5) is 25.8. The molecule has 110 valence electrons. The van der Waals surface area contributed by atoms with Crippen molar-refractivity contribution in [3.63, 3.8) is 0 Å². The molecule has 1 rings (SSSR count). The highest BCUT2D eigenvalue weighted by molar-refractivity contribution is 5.89. The largest absolute Gasteiger partial charge is 0.479 e. The van der Waals surface area contributed by atoms with Crippen molar-refractivity contribution in [2.45, 2.75) is 39.0 Å². The van der Waals surface area contributed by atoms with Gasteiger partial charge < -0.3 is 14.4 Å². The molecule has 1 N–H and O–H groups in total. The van der Waals surface area contributed by atoms with E-state index in [0.717, 1.165) is 25.7 Å². The van der Waals surface area contributed by atoms with Gasteiger partial charge in [0.25, 0.3) is 0 Å². The van der Waals surface area contributed by atoms with Crippen LogP contribution in [0.2, 0.25) is 0 Å². The maximum atomic E-state index is 11.4. The van der Waals surface area contributed by atoms with E-state index in [9.17, 15) is 9.59 Å². The topological polar surface area (TPSA) is 103 Å². The fourth-order valence-corrected chi connectivity index (χ4v) is 1.48. The first-order valence-electron chi connectivity index (χ1n) is 6.41. The predicted molar refractivity (Wildman–Crippen MR) is 69.0 cm³/mol. The zero-order valence-electron chi connectivity index (χ0n) is 11.4. The molecule has 1 heterocycles. The van der Waals surface area contributed by atoms with Crippen LogP contribution in [0.3, 0.4) is 0 Å². The van der Waals surface area contributed by atoms with Gasteiger partial charge in [0.2, 0.25) is 5.89 Å². The molecular formula is C13H18N2O5. The molecule has 0 spiro atoms. The van der Waals surface area contributed by atoms with Crippen molar-refractivity contribution in [2.75, 3.05) is 6.61 Å². The second kappa shape index (κ2) is 8.08. The van der Waals surface area contributed by atoms with Crippen LogP contribution in [0.5, 0.6) is 0 Å². The standard InChI is InChI=1S/C13H18N2O5/c1-3-4-5-6-10-14-11(20-15-10)7-9(2)13(18)19-8-12(16)17/h2-8H2,1H3,(H,16,17). The van der Waals surface area contributed by atoms with Gasteiger partial charge in [-0.2, -0.15) is 4.98 Å². The number of carbonyl (C=O) groups excluding carboxylic acids is 1. The quantitative estimate of drug-likeness (QED) is 0.416. The molecule has 0 aromatic carbocycles. The summed E-state index contributed by atoms with van der Waals surface area (Å²) < 4.78 is 9.49. The molecule has 0 aliphatic heterocycles. The molecule has 20 heavy (non-hydrogen) atoms. The average Bonchev–Trinajstić information content (AvgIpc) is 2.83. The Labute approximate surface area is 116 Å². The number of ether oxygens (including phenoxy) is 1. The normalized spacial score (nSPS) is 10.2. The van der Waals surface area contributed by atoms with Crippen LogP contribution in [-0.4, -0.2) is 33.8 Å². The fraction of sp³-hybridized carbons (Fsp3) is 0.538. The van der Waals surface area contributed by atoms with E-state index in [2.05, 4.69) is 28.4 Å². The lowest BCUT2D eigenvalue weighted by Crippen LogP contribution is -2.15. The van der Waals surface area contributed by atoms with Crippen LogP contribution in [0.4, 0.5) is 0 Å². The van der Waals surface area contributed by atoms with Crippen LogP contribution in [0, 0.1) is 0 Å². The van der Waals surface area contributed by atoms with Gasteiger partial charge in [0.1, 0.15) is 0 Å². The van der Waals surface area contributed by atoms with Crippen molar-refractivity contribution >= 4 is 11.9 Å². The van der Waals surface area contributed by atoms with E-state index in [1.165, 1.54) is 0 Å². The van der Waals surface area contributed by atoms with Crippen LogP contribution >= 0.6 is 0 Å². The van der Waals surface area contributed by atoms with Crippen molar-refractivity contribution in [3.05, 3.63) is 23.9 Å². The van der Waals surface area contributed by atoms with Crippen LogP contribution in [0.15, 0.2) is 16.7 Å². The molecule has 0 aliphatic carbocycles. The van der Waals surface area contributed by atoms with Gasteiger partial charge in [0.15, 0.2) is 12.4 Å². The number of aliphatic carboxylic acids is 1. The molecule has 0 radical (unpaired) electrons. The lowest BCUT2D eigenvalue weighted by atomic mass is 10.2. The van der Waals surface area contributed by atoms with E-state index in [1.807, 2.05) is 0 Å². The van der Waals surface area contributed by atoms with Crippen molar-refractivity contribution in [1.82, 2.24) is 10.1 Å². The minimum Gasteiger partial charge on any atom is -0.479 e. The van der Waals surface area contributed by atoms with Crippen molar-refractivity contribution in [2.24, 2.45) is 0 Å². The number of unbranched alkanes of at least 4 members (excludes halogenated alkanes) is 2. The summed E-state index contributed by atoms with van der Waals surface area (Å²) in [6.45, 7) is 4.93. The number of carboxylic acid groups (broad SMARTS) is 1. The summed E-state index contributed by atoms with van der Waals surface area (Å²) in [5, 5.41) is 12.2. The molecule has 0 unspecified atom stereocenters. The van der Waals surface area contributed by atoms with Crippen molar-refractivity contribution in [1.29, 1.82) is 0 Å². The minimum atomic E-state index is -1.22. The highest BCUT2D eigenvalue weighted by Gasteiger charge is 2.15. The van der Waals surface area contributed by atoms with Gasteiger partial charge in [-0.25, -0.2) is 9.59 Å². The van der Waals surface area contributed by atoms with E-state index in [-0.39, 0.29) is 17.9 Å². The number of rotatable bonds is 9. The van der Waals surface area contributed by atoms with Crippen LogP contribution in [0.1, 0.15) is 37.9 Å². The number of carbonyl (C=O) groups is 2. The molecule has 0 atom stereocenters. The third-order valence-corrected chi connectivity index (χ3v) is 2.49. The summed E-state index contributed by atoms with van der Waals surface area (Å²) >= 11 is 0. The van der Waals surface area contributed by atoms with Gasteiger partial charge in [0, 0.05) is 12.0 Å². The molecule has 7 heteroatoms. The summed E-state index contributed by atoms with van der Waals surface area (Å²) in [6, 6.07) is 0. The third-order valence-electron chi connectivity index (χ3n) is 2.49. The maximum Gasteiger partial charge on any atom is 0.341 e. The first kappa shape index (κ1) is 15.9. The lowest BCUT2D eigenvalue weighted by Gasteiger charge is -2.02. The zero-order valence-corrected chi connectivity index (χ0v) is 11.4. The van der Waals surface area contributed by atoms with Gasteiger partial charge in [-0.15, -0.1) is 0 Å². The summed E-state index contributed by atoms with van der Waals surface area (Å²) in [6.07, 6.45) is 3.97. The molecule has 7 nitrogen and oxygen atoms in total. The predicted octanol–water partition coefficient (Wildman–Crippen LogP) is 1.53. The van der Waals surface area contributed by atoms with Gasteiger partial charge in [0.05, 0.1) is 6.42 Å². The summed E-state index contributed by atoms with van der Waals surface area (Å²) in [5.74, 6) is -1.13. The second-order valence-electron chi connectivity index (χ2n) is 4.31. The van der Waals surface area contributed by atoms with Gasteiger partial charge in [-0.05, 0) is 6.42 Å². The Bertz CT molecular complexity index is 481. The van der Waals surface area contributed by atoms with E-state index in [1.54, 1.807) is 0 Å². The Morgan fingerprint density at radius 2 is 2.15 bits per heavy atom. The number of carboxylic acids is 1. The third kappa shape index (κ3) is 5.64. The Balaban J connectivity index is 2.41. The minimum absolute atomic E-state index is 0.0548. The first-order chi connectivity index (χ1) is 9.52. The molecule has 1 aromatic heterocycles. The molecule has 1 aromatic rings. The maximum absolute atomic E-state index is 11.4. The number of hydrogen-bond donors (Lipinski definition) is 1. The Kier molecular flexibility index (Phi) is 6.42. The van der Waals surface area contributed by atoms with E-state index in [4.69, 9.17) is 9.63 Å². The van der Waals surface area contributed by atoms with Gasteiger partial charge in [-0.1, -0.05) is 31.5 Å². The first-order valence-corrected chi connectivity index (χ1v) is 6.41. The Morgan fingerprint density at radius 3 is 2.80 bits per heavy atom. The number of aromatic nitrogens is 2. The molecule has 0 fully saturated rings. The fourth-order valence-electron chi connectivity index (χ4n) is 1.48. The summed E-state index contributed by atoms with van der Waals surface area (Å²) in [7, 11) is 0. The van der Waals surface area contributed by atoms with Crippen LogP contribution in [-0.2, 0) is 27.2 Å². The smallest absolute Gasteiger partial charge is 0.341 e. The second-order valence-corrected chi connectivity index (χ2v) is 4.31. The van der Waals surface area contributed by atoms with Crippen LogP contribution < -0.4 is 0 Å². The lowest BCUT2D eigenvalue weighted by molar-refractivity contribution is -0.152. The van der Waals surface area contributed by atoms with Gasteiger partial charge >= 0.3 is 11.9 Å². The molecule has 0 aliphatic rings. The van der Waals surface area contributed by atoms with Crippen molar-refractivity contribution < 1.29 is 24.0 Å². The van der Waals surface area contributed by atoms with Gasteiger partial charge in [-0.3, -0.25) is 0 Å². The highest BCUT2D eigenvalue weighted by Crippen LogP contribution is 2.08. The molecule has 0 amide bonds. The number of aryl methyl sites for hydroxylation is 1. The van der Waals surface area contributed by atoms with E-state index in [0.29, 0.717) is 5.82 Å². The Hall–Kier alpha value is -2.18. The van der Waals surface area contributed by atoms with E-state index < -0.39 is 18.5 Å². The summed E-state index contributed by atoms with van der Waals surface area (Å²) in [5.41, 5.74) is 0.0787. The van der Waals surface area contributed by atoms with Crippen molar-refractivity contribution in [3.8, 4) is 0 Å². The molecule has 0 saturated carbocycles. The highest BCUT2D eigenvalue weighted by atomic mass is 16.5. The molecular weight excluding hydrogens is 264 g/mol. The molecule has 0 saturated heterocycles. The van der Waals surface area contributed by atoms with E-state index >= 15 is 0 Å². The van der Waals surface area contributed by atoms with Crippen LogP contribution in [0.25, 0.3) is 0 Å². The zero-order chi connectivity index (χ0) is 15.0. The number of nitrogens with zero attached hydrogens (tertiary/aromatic N) is 2. The molecule has 0 bridgehead atoms.